The molecule has 2 aliphatic carbocycles. The van der Waals surface area contributed by atoms with Crippen molar-refractivity contribution in [1.82, 2.24) is 5.32 Å². The van der Waals surface area contributed by atoms with Gasteiger partial charge < -0.3 is 5.32 Å². The van der Waals surface area contributed by atoms with Gasteiger partial charge in [0.25, 0.3) is 0 Å². The van der Waals surface area contributed by atoms with E-state index in [1.807, 2.05) is 0 Å². The zero-order valence-corrected chi connectivity index (χ0v) is 18.6. The van der Waals surface area contributed by atoms with Gasteiger partial charge in [0, 0.05) is 12.0 Å². The minimum absolute atomic E-state index is 0.480. The molecule has 5 rings (SSSR count). The molecule has 1 atom stereocenters. The summed E-state index contributed by atoms with van der Waals surface area (Å²) in [6.45, 7) is 1.17. The van der Waals surface area contributed by atoms with Crippen LogP contribution >= 0.6 is 0 Å². The normalized spacial score (nSPS) is 23.8. The maximum Gasteiger partial charge on any atom is 0.0243 e. The Kier molecular flexibility index (Phi) is 6.56. The van der Waals surface area contributed by atoms with Gasteiger partial charge in [-0.3, -0.25) is 0 Å². The second kappa shape index (κ2) is 9.69. The van der Waals surface area contributed by atoms with Gasteiger partial charge in [0.15, 0.2) is 0 Å². The molecule has 160 valence electrons. The lowest BCUT2D eigenvalue weighted by Gasteiger charge is -2.27. The van der Waals surface area contributed by atoms with Crippen LogP contribution in [0, 0.1) is 0 Å². The highest BCUT2D eigenvalue weighted by Crippen LogP contribution is 2.38. The van der Waals surface area contributed by atoms with Crippen LogP contribution in [0.1, 0.15) is 117 Å². The molecular weight excluding hydrogens is 362 g/mol. The van der Waals surface area contributed by atoms with E-state index in [2.05, 4.69) is 53.8 Å². The molecule has 1 heterocycles. The summed E-state index contributed by atoms with van der Waals surface area (Å²) in [5.74, 6) is 2.07. The third kappa shape index (κ3) is 4.52. The van der Waals surface area contributed by atoms with E-state index in [0.29, 0.717) is 12.0 Å². The number of hydrogen-bond acceptors (Lipinski definition) is 1. The van der Waals surface area contributed by atoms with E-state index in [-0.39, 0.29) is 0 Å². The van der Waals surface area contributed by atoms with Crippen LogP contribution in [0.15, 0.2) is 48.5 Å². The van der Waals surface area contributed by atoms with Crippen LogP contribution in [0.25, 0.3) is 0 Å². The lowest BCUT2D eigenvalue weighted by atomic mass is 9.80. The second-order valence-corrected chi connectivity index (χ2v) is 10.2. The van der Waals surface area contributed by atoms with E-state index in [0.717, 1.165) is 11.8 Å². The predicted octanol–water partition coefficient (Wildman–Crippen LogP) is 7.67. The molecule has 0 aromatic heterocycles. The number of nitrogens with one attached hydrogen (secondary N) is 1. The first-order valence-electron chi connectivity index (χ1n) is 12.8. The zero-order chi connectivity index (χ0) is 20.2. The van der Waals surface area contributed by atoms with Gasteiger partial charge in [-0.25, -0.2) is 0 Å². The molecule has 3 fully saturated rings. The third-order valence-electron chi connectivity index (χ3n) is 8.25. The van der Waals surface area contributed by atoms with E-state index < -0.39 is 0 Å². The van der Waals surface area contributed by atoms with E-state index in [1.165, 1.54) is 94.7 Å². The summed E-state index contributed by atoms with van der Waals surface area (Å²) in [4.78, 5) is 0. The van der Waals surface area contributed by atoms with Crippen molar-refractivity contribution in [2.45, 2.75) is 101 Å². The molecule has 2 aromatic carbocycles. The molecule has 0 spiro atoms. The molecule has 3 aliphatic rings. The molecule has 0 radical (unpaired) electrons. The maximum atomic E-state index is 3.81. The van der Waals surface area contributed by atoms with Crippen LogP contribution in [-0.4, -0.2) is 12.6 Å². The van der Waals surface area contributed by atoms with Gasteiger partial charge in [-0.2, -0.15) is 0 Å². The van der Waals surface area contributed by atoms with Gasteiger partial charge in [0.1, 0.15) is 0 Å². The molecule has 0 amide bonds. The SMILES string of the molecule is c1cc(C(c2ccc(C3CCCCC3)cc2)[C@@H]2CCCN2)ccc1C1CCCCC1. The lowest BCUT2D eigenvalue weighted by molar-refractivity contribution is 0.443. The maximum absolute atomic E-state index is 3.81. The summed E-state index contributed by atoms with van der Waals surface area (Å²) >= 11 is 0. The number of benzene rings is 2. The minimum Gasteiger partial charge on any atom is -0.313 e. The van der Waals surface area contributed by atoms with Crippen LogP contribution in [0.4, 0.5) is 0 Å². The third-order valence-corrected chi connectivity index (χ3v) is 8.25. The molecular formula is C29H39N. The van der Waals surface area contributed by atoms with Crippen molar-refractivity contribution in [1.29, 1.82) is 0 Å². The van der Waals surface area contributed by atoms with E-state index in [4.69, 9.17) is 0 Å². The second-order valence-electron chi connectivity index (χ2n) is 10.2. The predicted molar refractivity (Wildman–Crippen MR) is 127 cm³/mol. The minimum atomic E-state index is 0.480. The smallest absolute Gasteiger partial charge is 0.0243 e. The summed E-state index contributed by atoms with van der Waals surface area (Å²) in [6.07, 6.45) is 16.6. The van der Waals surface area contributed by atoms with Gasteiger partial charge in [0.2, 0.25) is 0 Å². The standard InChI is InChI=1S/C29H39N/c1-3-8-22(9-4-1)24-13-17-26(18-14-24)29(28-12-7-21-30-28)27-19-15-25(16-20-27)23-10-5-2-6-11-23/h13-20,22-23,28-30H,1-12,21H2/t28-/m0/s1. The highest BCUT2D eigenvalue weighted by atomic mass is 14.9. The average Bonchev–Trinajstić information content (AvgIpc) is 3.36. The summed E-state index contributed by atoms with van der Waals surface area (Å²) in [7, 11) is 0. The summed E-state index contributed by atoms with van der Waals surface area (Å²) in [6, 6.07) is 20.2. The Hall–Kier alpha value is -1.60. The monoisotopic (exact) mass is 401 g/mol. The Labute approximate surface area is 183 Å². The van der Waals surface area contributed by atoms with Gasteiger partial charge in [-0.05, 0) is 79.2 Å². The van der Waals surface area contributed by atoms with E-state index in [9.17, 15) is 0 Å². The fourth-order valence-corrected chi connectivity index (χ4v) is 6.48. The quantitative estimate of drug-likeness (QED) is 0.542. The van der Waals surface area contributed by atoms with Crippen molar-refractivity contribution in [3.63, 3.8) is 0 Å². The summed E-state index contributed by atoms with van der Waals surface area (Å²) in [5.41, 5.74) is 6.15. The molecule has 0 unspecified atom stereocenters. The van der Waals surface area contributed by atoms with Crippen molar-refractivity contribution in [2.24, 2.45) is 0 Å². The Balaban J connectivity index is 1.38. The Morgan fingerprint density at radius 1 is 0.533 bits per heavy atom. The van der Waals surface area contributed by atoms with Crippen molar-refractivity contribution in [3.8, 4) is 0 Å². The lowest BCUT2D eigenvalue weighted by Crippen LogP contribution is -2.29. The van der Waals surface area contributed by atoms with Crippen LogP contribution in [0.5, 0.6) is 0 Å². The van der Waals surface area contributed by atoms with Gasteiger partial charge >= 0.3 is 0 Å². The van der Waals surface area contributed by atoms with Crippen LogP contribution in [-0.2, 0) is 0 Å². The molecule has 2 aromatic rings. The fourth-order valence-electron chi connectivity index (χ4n) is 6.48. The highest BCUT2D eigenvalue weighted by Gasteiger charge is 2.28. The van der Waals surface area contributed by atoms with Crippen molar-refractivity contribution < 1.29 is 0 Å². The number of rotatable bonds is 5. The molecule has 2 saturated carbocycles. The molecule has 30 heavy (non-hydrogen) atoms. The van der Waals surface area contributed by atoms with E-state index >= 15 is 0 Å². The van der Waals surface area contributed by atoms with Gasteiger partial charge in [-0.15, -0.1) is 0 Å². The zero-order valence-electron chi connectivity index (χ0n) is 18.6. The first kappa shape index (κ1) is 20.3. The Morgan fingerprint density at radius 2 is 1.00 bits per heavy atom. The molecule has 1 N–H and O–H groups in total. The summed E-state index contributed by atoms with van der Waals surface area (Å²) < 4.78 is 0. The molecule has 1 nitrogen and oxygen atoms in total. The molecule has 1 heteroatoms. The average molecular weight is 402 g/mol. The highest BCUT2D eigenvalue weighted by molar-refractivity contribution is 5.39. The van der Waals surface area contributed by atoms with Crippen LogP contribution in [0.3, 0.4) is 0 Å². The van der Waals surface area contributed by atoms with Crippen molar-refractivity contribution in [3.05, 3.63) is 70.8 Å². The molecule has 1 saturated heterocycles. The summed E-state index contributed by atoms with van der Waals surface area (Å²) in [5, 5.41) is 3.81. The fraction of sp³-hybridized carbons (Fsp3) is 0.586. The van der Waals surface area contributed by atoms with Crippen molar-refractivity contribution in [2.75, 3.05) is 6.54 Å². The van der Waals surface area contributed by atoms with Crippen LogP contribution < -0.4 is 5.32 Å². The van der Waals surface area contributed by atoms with Crippen molar-refractivity contribution >= 4 is 0 Å². The van der Waals surface area contributed by atoms with Crippen LogP contribution in [0.2, 0.25) is 0 Å². The number of hydrogen-bond donors (Lipinski definition) is 1. The Morgan fingerprint density at radius 3 is 1.40 bits per heavy atom. The van der Waals surface area contributed by atoms with Gasteiger partial charge in [-0.1, -0.05) is 87.1 Å². The van der Waals surface area contributed by atoms with Gasteiger partial charge in [0.05, 0.1) is 0 Å². The molecule has 0 bridgehead atoms. The first-order chi connectivity index (χ1) is 14.9. The van der Waals surface area contributed by atoms with E-state index in [1.54, 1.807) is 11.1 Å². The first-order valence-corrected chi connectivity index (χ1v) is 12.8. The largest absolute Gasteiger partial charge is 0.313 e. The molecule has 1 aliphatic heterocycles. The topological polar surface area (TPSA) is 12.0 Å². The Bertz CT molecular complexity index is 711.